The van der Waals surface area contributed by atoms with Crippen LogP contribution in [-0.4, -0.2) is 30.7 Å². The number of methoxy groups -OCH3 is 1. The summed E-state index contributed by atoms with van der Waals surface area (Å²) >= 11 is 0. The molecule has 1 heterocycles. The highest BCUT2D eigenvalue weighted by Crippen LogP contribution is 2.31. The molecule has 1 amide bonds. The summed E-state index contributed by atoms with van der Waals surface area (Å²) in [5.74, 6) is -0.763. The lowest BCUT2D eigenvalue weighted by Crippen LogP contribution is -2.24. The number of ether oxygens (including phenoxy) is 2. The van der Waals surface area contributed by atoms with Crippen molar-refractivity contribution in [3.05, 3.63) is 69.9 Å². The van der Waals surface area contributed by atoms with Crippen LogP contribution in [0.5, 0.6) is 11.5 Å². The van der Waals surface area contributed by atoms with Gasteiger partial charge in [-0.1, -0.05) is 59.8 Å². The van der Waals surface area contributed by atoms with Crippen LogP contribution in [0.4, 0.5) is 4.79 Å². The largest absolute Gasteiger partial charge is 0.507 e. The second-order valence-corrected chi connectivity index (χ2v) is 10.6. The van der Waals surface area contributed by atoms with Gasteiger partial charge in [0, 0.05) is 24.1 Å². The molecule has 0 spiro atoms. The van der Waals surface area contributed by atoms with Crippen LogP contribution in [0.3, 0.4) is 0 Å². The number of hydrogen-bond acceptors (Lipinski definition) is 7. The Kier molecular flexibility index (Phi) is 10.5. The molecule has 3 atom stereocenters. The topological polar surface area (TPSA) is 115 Å². The molecule has 8 heteroatoms. The lowest BCUT2D eigenvalue weighted by molar-refractivity contribution is 0.0907. The number of hydrogen-bond donors (Lipinski definition) is 2. The number of benzene rings is 1. The third-order valence-corrected chi connectivity index (χ3v) is 6.19. The molecule has 202 valence electrons. The molecule has 0 aliphatic heterocycles. The van der Waals surface area contributed by atoms with Crippen LogP contribution in [0.1, 0.15) is 87.9 Å². The summed E-state index contributed by atoms with van der Waals surface area (Å²) in [5, 5.41) is 13.0. The zero-order valence-corrected chi connectivity index (χ0v) is 22.8. The standard InChI is InChI=1S/C29H39NO7/c1-18(10-8-9-15-30-28(34)35-7)24-16-23(31)25(27(33)37-24)26(32)20(3)19(2)21-11-13-22(14-12-21)36-17-29(4,5)6/h9,11-16,18-20,31H,8,10,17H2,1-7H3,(H,30,34)/b15-9+. The minimum Gasteiger partial charge on any atom is -0.507 e. The summed E-state index contributed by atoms with van der Waals surface area (Å²) < 4.78 is 15.7. The van der Waals surface area contributed by atoms with E-state index in [1.807, 2.05) is 38.1 Å². The molecule has 0 fully saturated rings. The molecule has 0 saturated carbocycles. The van der Waals surface area contributed by atoms with Gasteiger partial charge in [-0.2, -0.15) is 0 Å². The Hall–Kier alpha value is -3.55. The zero-order chi connectivity index (χ0) is 27.8. The summed E-state index contributed by atoms with van der Waals surface area (Å²) in [5.41, 5.74) is -0.209. The number of amides is 1. The van der Waals surface area contributed by atoms with E-state index in [0.717, 1.165) is 11.3 Å². The Morgan fingerprint density at radius 2 is 1.78 bits per heavy atom. The zero-order valence-electron chi connectivity index (χ0n) is 22.8. The molecule has 3 unspecified atom stereocenters. The quantitative estimate of drug-likeness (QED) is 0.346. The minimum atomic E-state index is -0.847. The van der Waals surface area contributed by atoms with Gasteiger partial charge in [0.05, 0.1) is 13.7 Å². The van der Waals surface area contributed by atoms with E-state index in [-0.39, 0.29) is 28.6 Å². The fourth-order valence-corrected chi connectivity index (χ4v) is 3.64. The first-order valence-electron chi connectivity index (χ1n) is 12.5. The van der Waals surface area contributed by atoms with Gasteiger partial charge in [-0.3, -0.25) is 10.1 Å². The van der Waals surface area contributed by atoms with Crippen LogP contribution >= 0.6 is 0 Å². The van der Waals surface area contributed by atoms with Crippen molar-refractivity contribution >= 4 is 11.9 Å². The van der Waals surface area contributed by atoms with Crippen LogP contribution in [0.2, 0.25) is 0 Å². The van der Waals surface area contributed by atoms with E-state index >= 15 is 0 Å². The molecule has 0 radical (unpaired) electrons. The highest BCUT2D eigenvalue weighted by atomic mass is 16.5. The SMILES string of the molecule is COC(=O)N/C=C/CCC(C)c1cc(O)c(C(=O)C(C)C(C)c2ccc(OCC(C)(C)C)cc2)c(=O)o1. The molecule has 1 aromatic carbocycles. The first kappa shape index (κ1) is 29.7. The molecule has 0 bridgehead atoms. The molecule has 37 heavy (non-hydrogen) atoms. The van der Waals surface area contributed by atoms with Crippen LogP contribution in [0.15, 0.2) is 51.8 Å². The van der Waals surface area contributed by atoms with Gasteiger partial charge in [-0.15, -0.1) is 0 Å². The number of allylic oxidation sites excluding steroid dienone is 1. The lowest BCUT2D eigenvalue weighted by atomic mass is 9.84. The first-order valence-corrected chi connectivity index (χ1v) is 12.5. The van der Waals surface area contributed by atoms with E-state index in [9.17, 15) is 19.5 Å². The maximum atomic E-state index is 13.2. The molecular weight excluding hydrogens is 474 g/mol. The van der Waals surface area contributed by atoms with Crippen molar-refractivity contribution in [1.29, 1.82) is 0 Å². The van der Waals surface area contributed by atoms with E-state index in [4.69, 9.17) is 9.15 Å². The molecular formula is C29H39NO7. The van der Waals surface area contributed by atoms with Gasteiger partial charge in [-0.25, -0.2) is 9.59 Å². The fourth-order valence-electron chi connectivity index (χ4n) is 3.64. The van der Waals surface area contributed by atoms with Gasteiger partial charge in [-0.05, 0) is 41.9 Å². The van der Waals surface area contributed by atoms with E-state index in [1.54, 1.807) is 13.0 Å². The van der Waals surface area contributed by atoms with Crippen LogP contribution in [0.25, 0.3) is 0 Å². The molecule has 2 aromatic rings. The van der Waals surface area contributed by atoms with Gasteiger partial charge >= 0.3 is 11.7 Å². The Bertz CT molecular complexity index is 1140. The number of carbonyl (C=O) groups is 2. The maximum absolute atomic E-state index is 13.2. The maximum Gasteiger partial charge on any atom is 0.410 e. The van der Waals surface area contributed by atoms with Crippen molar-refractivity contribution in [1.82, 2.24) is 5.32 Å². The lowest BCUT2D eigenvalue weighted by Gasteiger charge is -2.21. The van der Waals surface area contributed by atoms with Gasteiger partial charge in [0.2, 0.25) is 0 Å². The number of rotatable bonds is 11. The van der Waals surface area contributed by atoms with E-state index in [1.165, 1.54) is 19.4 Å². The predicted octanol–water partition coefficient (Wildman–Crippen LogP) is 6.15. The van der Waals surface area contributed by atoms with Crippen molar-refractivity contribution < 1.29 is 28.6 Å². The van der Waals surface area contributed by atoms with Crippen molar-refractivity contribution in [2.75, 3.05) is 13.7 Å². The fraction of sp³-hybridized carbons (Fsp3) is 0.483. The second kappa shape index (κ2) is 13.1. The first-order chi connectivity index (χ1) is 17.3. The molecule has 0 aliphatic rings. The van der Waals surface area contributed by atoms with E-state index in [0.29, 0.717) is 25.2 Å². The number of nitrogens with one attached hydrogen (secondary N) is 1. The van der Waals surface area contributed by atoms with Gasteiger partial charge in [0.15, 0.2) is 5.78 Å². The second-order valence-electron chi connectivity index (χ2n) is 10.6. The Labute approximate surface area is 218 Å². The Morgan fingerprint density at radius 3 is 2.35 bits per heavy atom. The summed E-state index contributed by atoms with van der Waals surface area (Å²) in [6.45, 7) is 12.4. The van der Waals surface area contributed by atoms with E-state index in [2.05, 4.69) is 30.8 Å². The molecule has 2 rings (SSSR count). The van der Waals surface area contributed by atoms with Crippen LogP contribution in [-0.2, 0) is 4.74 Å². The third kappa shape index (κ3) is 8.81. The molecule has 1 aromatic heterocycles. The molecule has 8 nitrogen and oxygen atoms in total. The summed E-state index contributed by atoms with van der Waals surface area (Å²) in [6.07, 6.45) is 3.84. The van der Waals surface area contributed by atoms with Crippen LogP contribution in [0, 0.1) is 11.3 Å². The van der Waals surface area contributed by atoms with Gasteiger partial charge in [0.25, 0.3) is 0 Å². The number of aromatic hydroxyl groups is 1. The van der Waals surface area contributed by atoms with Crippen LogP contribution < -0.4 is 15.7 Å². The Balaban J connectivity index is 2.07. The highest BCUT2D eigenvalue weighted by molar-refractivity contribution is 6.00. The number of ketones is 1. The third-order valence-electron chi connectivity index (χ3n) is 6.19. The predicted molar refractivity (Wildman–Crippen MR) is 142 cm³/mol. The molecule has 2 N–H and O–H groups in total. The van der Waals surface area contributed by atoms with Crippen molar-refractivity contribution in [2.45, 2.75) is 66.2 Å². The normalized spacial score (nSPS) is 14.1. The average Bonchev–Trinajstić information content (AvgIpc) is 2.85. The van der Waals surface area contributed by atoms with Crippen molar-refractivity contribution in [3.63, 3.8) is 0 Å². The average molecular weight is 514 g/mol. The minimum absolute atomic E-state index is 0.0452. The highest BCUT2D eigenvalue weighted by Gasteiger charge is 2.29. The van der Waals surface area contributed by atoms with Gasteiger partial charge < -0.3 is 19.0 Å². The number of carbonyl (C=O) groups excluding carboxylic acids is 2. The van der Waals surface area contributed by atoms with E-state index < -0.39 is 23.4 Å². The van der Waals surface area contributed by atoms with Gasteiger partial charge in [0.1, 0.15) is 22.8 Å². The number of alkyl carbamates (subject to hydrolysis) is 1. The molecule has 0 saturated heterocycles. The van der Waals surface area contributed by atoms with Crippen molar-refractivity contribution in [2.24, 2.45) is 11.3 Å². The smallest absolute Gasteiger partial charge is 0.410 e. The monoisotopic (exact) mass is 513 g/mol. The summed E-state index contributed by atoms with van der Waals surface area (Å²) in [4.78, 5) is 36.9. The molecule has 0 aliphatic carbocycles. The number of Topliss-reactive ketones (excluding diaryl/α,β-unsaturated/α-hetero) is 1. The van der Waals surface area contributed by atoms with Crippen molar-refractivity contribution in [3.8, 4) is 11.5 Å². The Morgan fingerprint density at radius 1 is 1.14 bits per heavy atom. The summed E-state index contributed by atoms with van der Waals surface area (Å²) in [6, 6.07) is 8.91. The summed E-state index contributed by atoms with van der Waals surface area (Å²) in [7, 11) is 1.27.